The molecule has 0 atom stereocenters. The third-order valence-electron chi connectivity index (χ3n) is 3.17. The van der Waals surface area contributed by atoms with Crippen molar-refractivity contribution in [1.29, 1.82) is 0 Å². The SMILES string of the molecule is Cc1cnccc1CNc1cccc(CCC(=O)O)c1. The molecule has 1 aromatic carbocycles. The van der Waals surface area contributed by atoms with Crippen LogP contribution in [0.25, 0.3) is 0 Å². The van der Waals surface area contributed by atoms with Gasteiger partial charge in [-0.3, -0.25) is 9.78 Å². The highest BCUT2D eigenvalue weighted by Crippen LogP contribution is 2.14. The number of aliphatic carboxylic acids is 1. The van der Waals surface area contributed by atoms with Crippen molar-refractivity contribution in [2.75, 3.05) is 5.32 Å². The lowest BCUT2D eigenvalue weighted by atomic mass is 10.1. The molecule has 104 valence electrons. The molecule has 1 heterocycles. The highest BCUT2D eigenvalue weighted by atomic mass is 16.4. The minimum atomic E-state index is -0.768. The van der Waals surface area contributed by atoms with Gasteiger partial charge in [0.05, 0.1) is 0 Å². The Hall–Kier alpha value is -2.36. The van der Waals surface area contributed by atoms with E-state index in [1.165, 1.54) is 5.56 Å². The summed E-state index contributed by atoms with van der Waals surface area (Å²) in [7, 11) is 0. The number of hydrogen-bond donors (Lipinski definition) is 2. The molecule has 0 aliphatic carbocycles. The lowest BCUT2D eigenvalue weighted by Gasteiger charge is -2.10. The minimum absolute atomic E-state index is 0.160. The van der Waals surface area contributed by atoms with Crippen LogP contribution in [-0.2, 0) is 17.8 Å². The average molecular weight is 270 g/mol. The number of carboxylic acids is 1. The summed E-state index contributed by atoms with van der Waals surface area (Å²) in [4.78, 5) is 14.7. The maximum absolute atomic E-state index is 10.6. The van der Waals surface area contributed by atoms with Crippen LogP contribution in [0.1, 0.15) is 23.1 Å². The molecule has 2 rings (SSSR count). The Morgan fingerprint density at radius 3 is 2.95 bits per heavy atom. The number of aromatic nitrogens is 1. The number of carboxylic acid groups (broad SMARTS) is 1. The van der Waals surface area contributed by atoms with Crippen molar-refractivity contribution >= 4 is 11.7 Å². The standard InChI is InChI=1S/C16H18N2O2/c1-12-10-17-8-7-14(12)11-18-15-4-2-3-13(9-15)5-6-16(19)20/h2-4,7-10,18H,5-6,11H2,1H3,(H,19,20). The molecule has 20 heavy (non-hydrogen) atoms. The van der Waals surface area contributed by atoms with Gasteiger partial charge in [0.1, 0.15) is 0 Å². The molecule has 4 heteroatoms. The van der Waals surface area contributed by atoms with Crippen LogP contribution in [0.3, 0.4) is 0 Å². The summed E-state index contributed by atoms with van der Waals surface area (Å²) >= 11 is 0. The topological polar surface area (TPSA) is 62.2 Å². The van der Waals surface area contributed by atoms with Gasteiger partial charge in [-0.25, -0.2) is 0 Å². The Balaban J connectivity index is 1.98. The molecule has 0 saturated heterocycles. The molecular formula is C16H18N2O2. The fraction of sp³-hybridized carbons (Fsp3) is 0.250. The van der Waals surface area contributed by atoms with Gasteiger partial charge in [0.15, 0.2) is 0 Å². The number of rotatable bonds is 6. The van der Waals surface area contributed by atoms with E-state index in [1.807, 2.05) is 43.5 Å². The Bertz CT molecular complexity index is 597. The van der Waals surface area contributed by atoms with Gasteiger partial charge in [0, 0.05) is 31.0 Å². The molecule has 1 aromatic heterocycles. The Morgan fingerprint density at radius 1 is 1.35 bits per heavy atom. The summed E-state index contributed by atoms with van der Waals surface area (Å²) in [5, 5.41) is 12.1. The van der Waals surface area contributed by atoms with Crippen LogP contribution in [0.15, 0.2) is 42.7 Å². The number of aryl methyl sites for hydroxylation is 2. The van der Waals surface area contributed by atoms with Gasteiger partial charge in [0.25, 0.3) is 0 Å². The molecule has 0 radical (unpaired) electrons. The van der Waals surface area contributed by atoms with Crippen molar-refractivity contribution < 1.29 is 9.90 Å². The van der Waals surface area contributed by atoms with E-state index in [0.29, 0.717) is 6.42 Å². The first-order valence-corrected chi connectivity index (χ1v) is 6.59. The van der Waals surface area contributed by atoms with E-state index in [-0.39, 0.29) is 6.42 Å². The number of anilines is 1. The molecule has 0 saturated carbocycles. The molecule has 0 bridgehead atoms. The third kappa shape index (κ3) is 4.09. The molecule has 0 aliphatic rings. The smallest absolute Gasteiger partial charge is 0.303 e. The average Bonchev–Trinajstić information content (AvgIpc) is 2.45. The number of benzene rings is 1. The van der Waals surface area contributed by atoms with Gasteiger partial charge in [-0.1, -0.05) is 12.1 Å². The monoisotopic (exact) mass is 270 g/mol. The fourth-order valence-corrected chi connectivity index (χ4v) is 1.99. The summed E-state index contributed by atoms with van der Waals surface area (Å²) in [5.41, 5.74) is 4.39. The predicted octanol–water partition coefficient (Wildman–Crippen LogP) is 3.02. The van der Waals surface area contributed by atoms with Gasteiger partial charge in [-0.15, -0.1) is 0 Å². The van der Waals surface area contributed by atoms with Gasteiger partial charge >= 0.3 is 5.97 Å². The molecule has 4 nitrogen and oxygen atoms in total. The third-order valence-corrected chi connectivity index (χ3v) is 3.17. The number of hydrogen-bond acceptors (Lipinski definition) is 3. The summed E-state index contributed by atoms with van der Waals surface area (Å²) in [6.07, 6.45) is 4.35. The van der Waals surface area contributed by atoms with E-state index < -0.39 is 5.97 Å². The molecule has 0 amide bonds. The Morgan fingerprint density at radius 2 is 2.20 bits per heavy atom. The highest BCUT2D eigenvalue weighted by Gasteiger charge is 2.01. The van der Waals surface area contributed by atoms with Crippen LogP contribution in [-0.4, -0.2) is 16.1 Å². The van der Waals surface area contributed by atoms with Crippen molar-refractivity contribution in [2.24, 2.45) is 0 Å². The van der Waals surface area contributed by atoms with Gasteiger partial charge in [0.2, 0.25) is 0 Å². The largest absolute Gasteiger partial charge is 0.481 e. The van der Waals surface area contributed by atoms with Crippen molar-refractivity contribution in [1.82, 2.24) is 4.98 Å². The van der Waals surface area contributed by atoms with Crippen LogP contribution >= 0.6 is 0 Å². The normalized spacial score (nSPS) is 10.2. The fourth-order valence-electron chi connectivity index (χ4n) is 1.99. The summed E-state index contributed by atoms with van der Waals surface area (Å²) in [6.45, 7) is 2.77. The summed E-state index contributed by atoms with van der Waals surface area (Å²) < 4.78 is 0. The van der Waals surface area contributed by atoms with Crippen molar-refractivity contribution in [2.45, 2.75) is 26.3 Å². The molecule has 2 N–H and O–H groups in total. The van der Waals surface area contributed by atoms with Crippen LogP contribution in [0.2, 0.25) is 0 Å². The predicted molar refractivity (Wildman–Crippen MR) is 78.7 cm³/mol. The minimum Gasteiger partial charge on any atom is -0.481 e. The van der Waals surface area contributed by atoms with E-state index in [1.54, 1.807) is 6.20 Å². The first-order chi connectivity index (χ1) is 9.65. The van der Waals surface area contributed by atoms with Crippen LogP contribution in [0.5, 0.6) is 0 Å². The lowest BCUT2D eigenvalue weighted by molar-refractivity contribution is -0.136. The van der Waals surface area contributed by atoms with E-state index in [9.17, 15) is 4.79 Å². The van der Waals surface area contributed by atoms with E-state index in [0.717, 1.165) is 23.4 Å². The molecule has 0 fully saturated rings. The van der Waals surface area contributed by atoms with Crippen molar-refractivity contribution in [3.8, 4) is 0 Å². The second-order valence-electron chi connectivity index (χ2n) is 4.75. The molecule has 2 aromatic rings. The lowest BCUT2D eigenvalue weighted by Crippen LogP contribution is -2.02. The second kappa shape index (κ2) is 6.70. The van der Waals surface area contributed by atoms with Gasteiger partial charge in [-0.05, 0) is 48.2 Å². The number of nitrogens with zero attached hydrogens (tertiary/aromatic N) is 1. The van der Waals surface area contributed by atoms with Gasteiger partial charge in [-0.2, -0.15) is 0 Å². The first kappa shape index (κ1) is 14.1. The zero-order valence-corrected chi connectivity index (χ0v) is 11.5. The van der Waals surface area contributed by atoms with Gasteiger partial charge < -0.3 is 10.4 Å². The maximum Gasteiger partial charge on any atom is 0.303 e. The summed E-state index contributed by atoms with van der Waals surface area (Å²) in [6, 6.07) is 9.88. The number of pyridine rings is 1. The second-order valence-corrected chi connectivity index (χ2v) is 4.75. The quantitative estimate of drug-likeness (QED) is 0.847. The molecule has 0 unspecified atom stereocenters. The zero-order chi connectivity index (χ0) is 14.4. The summed E-state index contributed by atoms with van der Waals surface area (Å²) in [5.74, 6) is -0.768. The number of carbonyl (C=O) groups is 1. The van der Waals surface area contributed by atoms with Crippen molar-refractivity contribution in [3.05, 3.63) is 59.4 Å². The number of nitrogens with one attached hydrogen (secondary N) is 1. The Labute approximate surface area is 118 Å². The van der Waals surface area contributed by atoms with E-state index in [2.05, 4.69) is 10.3 Å². The molecule has 0 spiro atoms. The zero-order valence-electron chi connectivity index (χ0n) is 11.5. The molecule has 0 aliphatic heterocycles. The maximum atomic E-state index is 10.6. The first-order valence-electron chi connectivity index (χ1n) is 6.59. The van der Waals surface area contributed by atoms with Crippen LogP contribution < -0.4 is 5.32 Å². The van der Waals surface area contributed by atoms with Crippen LogP contribution in [0, 0.1) is 6.92 Å². The van der Waals surface area contributed by atoms with Crippen LogP contribution in [0.4, 0.5) is 5.69 Å². The van der Waals surface area contributed by atoms with Crippen molar-refractivity contribution in [3.63, 3.8) is 0 Å². The highest BCUT2D eigenvalue weighted by molar-refractivity contribution is 5.67. The van der Waals surface area contributed by atoms with E-state index >= 15 is 0 Å². The van der Waals surface area contributed by atoms with E-state index in [4.69, 9.17) is 5.11 Å². The molecular weight excluding hydrogens is 252 g/mol. The Kier molecular flexibility index (Phi) is 4.71.